The van der Waals surface area contributed by atoms with Gasteiger partial charge in [0.25, 0.3) is 0 Å². The van der Waals surface area contributed by atoms with Gasteiger partial charge in [0.05, 0.1) is 6.61 Å². The molecule has 0 saturated heterocycles. The van der Waals surface area contributed by atoms with Crippen LogP contribution < -0.4 is 0 Å². The Morgan fingerprint density at radius 2 is 2.08 bits per heavy atom. The van der Waals surface area contributed by atoms with Crippen molar-refractivity contribution in [1.82, 2.24) is 0 Å². The van der Waals surface area contributed by atoms with Crippen LogP contribution in [-0.4, -0.2) is 24.3 Å². The molecule has 0 spiro atoms. The molecule has 0 amide bonds. The SMILES string of the molecule is CC(C)=CCCCCOC(=O)CO. The molecule has 0 unspecified atom stereocenters. The second kappa shape index (κ2) is 7.80. The third-order valence-electron chi connectivity index (χ3n) is 1.54. The van der Waals surface area contributed by atoms with Gasteiger partial charge >= 0.3 is 5.97 Å². The van der Waals surface area contributed by atoms with E-state index in [2.05, 4.69) is 24.7 Å². The summed E-state index contributed by atoms with van der Waals surface area (Å²) in [7, 11) is 0. The number of rotatable bonds is 6. The van der Waals surface area contributed by atoms with Gasteiger partial charge in [-0.25, -0.2) is 4.79 Å². The fourth-order valence-electron chi connectivity index (χ4n) is 0.869. The topological polar surface area (TPSA) is 46.5 Å². The van der Waals surface area contributed by atoms with Crippen molar-refractivity contribution in [3.8, 4) is 0 Å². The van der Waals surface area contributed by atoms with Crippen molar-refractivity contribution in [2.24, 2.45) is 0 Å². The van der Waals surface area contributed by atoms with Crippen LogP contribution >= 0.6 is 0 Å². The Hall–Kier alpha value is -0.830. The highest BCUT2D eigenvalue weighted by Gasteiger charge is 1.97. The highest BCUT2D eigenvalue weighted by molar-refractivity contribution is 5.70. The van der Waals surface area contributed by atoms with E-state index >= 15 is 0 Å². The van der Waals surface area contributed by atoms with Crippen molar-refractivity contribution in [3.63, 3.8) is 0 Å². The van der Waals surface area contributed by atoms with Crippen molar-refractivity contribution in [3.05, 3.63) is 11.6 Å². The van der Waals surface area contributed by atoms with E-state index in [1.165, 1.54) is 5.57 Å². The monoisotopic (exact) mass is 186 g/mol. The van der Waals surface area contributed by atoms with Gasteiger partial charge in [0, 0.05) is 0 Å². The molecule has 0 rings (SSSR count). The van der Waals surface area contributed by atoms with Gasteiger partial charge in [-0.3, -0.25) is 0 Å². The maximum absolute atomic E-state index is 10.5. The minimum Gasteiger partial charge on any atom is -0.464 e. The number of ether oxygens (including phenoxy) is 1. The van der Waals surface area contributed by atoms with Crippen LogP contribution in [0.5, 0.6) is 0 Å². The zero-order valence-corrected chi connectivity index (χ0v) is 8.38. The maximum atomic E-state index is 10.5. The van der Waals surface area contributed by atoms with Gasteiger partial charge < -0.3 is 9.84 Å². The van der Waals surface area contributed by atoms with E-state index in [9.17, 15) is 4.79 Å². The fourth-order valence-corrected chi connectivity index (χ4v) is 0.869. The lowest BCUT2D eigenvalue weighted by molar-refractivity contribution is -0.146. The van der Waals surface area contributed by atoms with Crippen molar-refractivity contribution < 1.29 is 14.6 Å². The number of carbonyl (C=O) groups excluding carboxylic acids is 1. The molecule has 0 aliphatic rings. The Morgan fingerprint density at radius 1 is 1.38 bits per heavy atom. The molecule has 0 bridgehead atoms. The summed E-state index contributed by atoms with van der Waals surface area (Å²) in [6.07, 6.45) is 5.06. The van der Waals surface area contributed by atoms with E-state index in [1.54, 1.807) is 0 Å². The lowest BCUT2D eigenvalue weighted by Gasteiger charge is -2.01. The van der Waals surface area contributed by atoms with E-state index < -0.39 is 12.6 Å². The van der Waals surface area contributed by atoms with Crippen LogP contribution in [-0.2, 0) is 9.53 Å². The molecule has 76 valence electrons. The van der Waals surface area contributed by atoms with Gasteiger partial charge in [0.15, 0.2) is 0 Å². The van der Waals surface area contributed by atoms with E-state index in [4.69, 9.17) is 5.11 Å². The Balaban J connectivity index is 3.18. The molecule has 3 nitrogen and oxygen atoms in total. The van der Waals surface area contributed by atoms with Gasteiger partial charge in [-0.15, -0.1) is 0 Å². The van der Waals surface area contributed by atoms with E-state index in [0.29, 0.717) is 6.61 Å². The highest BCUT2D eigenvalue weighted by Crippen LogP contribution is 2.00. The Bertz CT molecular complexity index is 169. The van der Waals surface area contributed by atoms with E-state index in [1.807, 2.05) is 0 Å². The quantitative estimate of drug-likeness (QED) is 0.390. The molecule has 0 aromatic rings. The summed E-state index contributed by atoms with van der Waals surface area (Å²) in [6.45, 7) is 4.02. The number of aliphatic hydroxyl groups excluding tert-OH is 1. The molecular formula is C10H18O3. The zero-order chi connectivity index (χ0) is 10.1. The van der Waals surface area contributed by atoms with Crippen LogP contribution in [0.2, 0.25) is 0 Å². The largest absolute Gasteiger partial charge is 0.464 e. The van der Waals surface area contributed by atoms with Crippen molar-refractivity contribution in [2.45, 2.75) is 33.1 Å². The average molecular weight is 186 g/mol. The fraction of sp³-hybridized carbons (Fsp3) is 0.700. The average Bonchev–Trinajstić information content (AvgIpc) is 2.10. The first-order chi connectivity index (χ1) is 6.16. The standard InChI is InChI=1S/C10H18O3/c1-9(2)6-4-3-5-7-13-10(12)8-11/h6,11H,3-5,7-8H2,1-2H3. The summed E-state index contributed by atoms with van der Waals surface area (Å²) in [6, 6.07) is 0. The summed E-state index contributed by atoms with van der Waals surface area (Å²) in [4.78, 5) is 10.5. The molecule has 0 aromatic heterocycles. The Kier molecular flexibility index (Phi) is 7.30. The molecule has 0 radical (unpaired) electrons. The molecule has 0 saturated carbocycles. The van der Waals surface area contributed by atoms with E-state index in [0.717, 1.165) is 19.3 Å². The first kappa shape index (κ1) is 12.2. The lowest BCUT2D eigenvalue weighted by Crippen LogP contribution is -2.09. The number of aliphatic hydroxyl groups is 1. The molecule has 3 heteroatoms. The maximum Gasteiger partial charge on any atom is 0.331 e. The number of hydrogen-bond acceptors (Lipinski definition) is 3. The number of carbonyl (C=O) groups is 1. The van der Waals surface area contributed by atoms with Crippen molar-refractivity contribution in [2.75, 3.05) is 13.2 Å². The molecule has 1 N–H and O–H groups in total. The smallest absolute Gasteiger partial charge is 0.331 e. The molecular weight excluding hydrogens is 168 g/mol. The molecule has 0 fully saturated rings. The van der Waals surface area contributed by atoms with Gasteiger partial charge in [0.2, 0.25) is 0 Å². The van der Waals surface area contributed by atoms with Crippen LogP contribution in [0.25, 0.3) is 0 Å². The lowest BCUT2D eigenvalue weighted by atomic mass is 10.2. The van der Waals surface area contributed by atoms with Gasteiger partial charge in [-0.05, 0) is 33.1 Å². The van der Waals surface area contributed by atoms with Crippen LogP contribution in [0, 0.1) is 0 Å². The molecule has 0 aliphatic heterocycles. The molecule has 0 aliphatic carbocycles. The van der Waals surface area contributed by atoms with Gasteiger partial charge in [0.1, 0.15) is 6.61 Å². The number of esters is 1. The molecule has 0 heterocycles. The summed E-state index contributed by atoms with van der Waals surface area (Å²) < 4.78 is 4.69. The predicted molar refractivity (Wildman–Crippen MR) is 51.3 cm³/mol. The first-order valence-corrected chi connectivity index (χ1v) is 4.56. The normalized spacial score (nSPS) is 9.46. The molecule has 13 heavy (non-hydrogen) atoms. The molecule has 0 aromatic carbocycles. The molecule has 0 atom stereocenters. The Labute approximate surface area is 79.4 Å². The Morgan fingerprint density at radius 3 is 2.62 bits per heavy atom. The first-order valence-electron chi connectivity index (χ1n) is 4.56. The second-order valence-electron chi connectivity index (χ2n) is 3.16. The third-order valence-corrected chi connectivity index (χ3v) is 1.54. The predicted octanol–water partition coefficient (Wildman–Crippen LogP) is 1.66. The van der Waals surface area contributed by atoms with Crippen molar-refractivity contribution in [1.29, 1.82) is 0 Å². The number of allylic oxidation sites excluding steroid dienone is 2. The highest BCUT2D eigenvalue weighted by atomic mass is 16.5. The van der Waals surface area contributed by atoms with Crippen LogP contribution in [0.4, 0.5) is 0 Å². The summed E-state index contributed by atoms with van der Waals surface area (Å²) in [5.41, 5.74) is 1.31. The zero-order valence-electron chi connectivity index (χ0n) is 8.38. The van der Waals surface area contributed by atoms with E-state index in [-0.39, 0.29) is 0 Å². The van der Waals surface area contributed by atoms with Crippen LogP contribution in [0.15, 0.2) is 11.6 Å². The summed E-state index contributed by atoms with van der Waals surface area (Å²) >= 11 is 0. The third kappa shape index (κ3) is 9.08. The van der Waals surface area contributed by atoms with Crippen LogP contribution in [0.1, 0.15) is 33.1 Å². The number of hydrogen-bond donors (Lipinski definition) is 1. The van der Waals surface area contributed by atoms with Gasteiger partial charge in [-0.2, -0.15) is 0 Å². The van der Waals surface area contributed by atoms with Crippen molar-refractivity contribution >= 4 is 5.97 Å². The second-order valence-corrected chi connectivity index (χ2v) is 3.16. The van der Waals surface area contributed by atoms with Gasteiger partial charge in [-0.1, -0.05) is 11.6 Å². The minimum atomic E-state index is -0.540. The summed E-state index contributed by atoms with van der Waals surface area (Å²) in [5.74, 6) is -0.540. The summed E-state index contributed by atoms with van der Waals surface area (Å²) in [5, 5.41) is 8.33. The number of unbranched alkanes of at least 4 members (excludes halogenated alkanes) is 2. The minimum absolute atomic E-state index is 0.413. The van der Waals surface area contributed by atoms with Crippen LogP contribution in [0.3, 0.4) is 0 Å².